The number of hydrogen-bond donors (Lipinski definition) is 0. The predicted octanol–water partition coefficient (Wildman–Crippen LogP) is -2.30. The van der Waals surface area contributed by atoms with Crippen molar-refractivity contribution in [3.63, 3.8) is 0 Å². The zero-order valence-corrected chi connectivity index (χ0v) is 19.4. The molecule has 0 aromatic carbocycles. The van der Waals surface area contributed by atoms with Crippen molar-refractivity contribution in [1.82, 2.24) is 0 Å². The summed E-state index contributed by atoms with van der Waals surface area (Å²) >= 11 is 0.963. The SMILES string of the molecule is CCCCCCCCCCC[CH2][SnH3+2].[Br-].[Br-]. The molecule has 0 unspecified atom stereocenters. The van der Waals surface area contributed by atoms with Crippen molar-refractivity contribution in [3.05, 3.63) is 0 Å². The van der Waals surface area contributed by atoms with Crippen molar-refractivity contribution < 1.29 is 34.0 Å². The predicted molar refractivity (Wildman–Crippen MR) is 66.6 cm³/mol. The Morgan fingerprint density at radius 3 is 1.27 bits per heavy atom. The molecule has 0 N–H and O–H groups in total. The van der Waals surface area contributed by atoms with Crippen LogP contribution in [-0.2, 0) is 0 Å². The average molecular weight is 451 g/mol. The second-order valence-corrected chi connectivity index (χ2v) is 7.04. The summed E-state index contributed by atoms with van der Waals surface area (Å²) in [6, 6.07) is 0. The second-order valence-electron chi connectivity index (χ2n) is 4.18. The van der Waals surface area contributed by atoms with Gasteiger partial charge in [-0.2, -0.15) is 0 Å². The van der Waals surface area contributed by atoms with Gasteiger partial charge < -0.3 is 34.0 Å². The smallest absolute Gasteiger partial charge is 1.00 e. The fourth-order valence-electron chi connectivity index (χ4n) is 1.74. The Kier molecular flexibility index (Phi) is 30.9. The third-order valence-electron chi connectivity index (χ3n) is 2.71. The average Bonchev–Trinajstić information content (AvgIpc) is 2.16. The summed E-state index contributed by atoms with van der Waals surface area (Å²) in [7, 11) is 0. The van der Waals surface area contributed by atoms with Gasteiger partial charge in [0, 0.05) is 0 Å². The Bertz CT molecular complexity index is 79.7. The van der Waals surface area contributed by atoms with E-state index in [4.69, 9.17) is 0 Å². The summed E-state index contributed by atoms with van der Waals surface area (Å²) in [4.78, 5) is 0. The van der Waals surface area contributed by atoms with E-state index in [9.17, 15) is 0 Å². The molecular weight excluding hydrogens is 423 g/mol. The molecule has 0 nitrogen and oxygen atoms in total. The maximum Gasteiger partial charge on any atom is -1.00 e. The van der Waals surface area contributed by atoms with E-state index in [-0.39, 0.29) is 34.0 Å². The normalized spacial score (nSPS) is 9.40. The topological polar surface area (TPSA) is 0 Å². The van der Waals surface area contributed by atoms with E-state index < -0.39 is 0 Å². The maximum atomic E-state index is 2.29. The van der Waals surface area contributed by atoms with Gasteiger partial charge in [-0.1, -0.05) is 0 Å². The van der Waals surface area contributed by atoms with Gasteiger partial charge in [-0.25, -0.2) is 0 Å². The monoisotopic (exact) mass is 450 g/mol. The van der Waals surface area contributed by atoms with E-state index in [1.165, 1.54) is 64.2 Å². The molecule has 94 valence electrons. The van der Waals surface area contributed by atoms with Crippen molar-refractivity contribution in [2.24, 2.45) is 0 Å². The fourth-order valence-corrected chi connectivity index (χ4v) is 3.16. The first kappa shape index (κ1) is 22.0. The molecule has 0 spiro atoms. The van der Waals surface area contributed by atoms with Crippen molar-refractivity contribution in [3.8, 4) is 0 Å². The van der Waals surface area contributed by atoms with E-state index in [1.807, 2.05) is 0 Å². The van der Waals surface area contributed by atoms with Crippen LogP contribution in [0.4, 0.5) is 0 Å². The molecule has 0 heterocycles. The summed E-state index contributed by atoms with van der Waals surface area (Å²) in [5.74, 6) is 0. The Balaban J connectivity index is -0.000000720. The molecule has 0 aliphatic heterocycles. The van der Waals surface area contributed by atoms with Crippen LogP contribution in [0.5, 0.6) is 0 Å². The maximum absolute atomic E-state index is 2.29. The molecule has 2 radical (unpaired) electrons. The van der Waals surface area contributed by atoms with Crippen LogP contribution in [0, 0.1) is 0 Å². The first-order valence-electron chi connectivity index (χ1n) is 6.41. The molecule has 15 heavy (non-hydrogen) atoms. The van der Waals surface area contributed by atoms with E-state index in [0.717, 1.165) is 22.5 Å². The van der Waals surface area contributed by atoms with Crippen molar-refractivity contribution in [1.29, 1.82) is 0 Å². The molecule has 0 saturated heterocycles. The van der Waals surface area contributed by atoms with Gasteiger partial charge in [0.15, 0.2) is 0 Å². The van der Waals surface area contributed by atoms with E-state index in [2.05, 4.69) is 6.92 Å². The third kappa shape index (κ3) is 21.6. The van der Waals surface area contributed by atoms with Gasteiger partial charge in [-0.3, -0.25) is 0 Å². The third-order valence-corrected chi connectivity index (χ3v) is 4.73. The zero-order chi connectivity index (χ0) is 9.78. The van der Waals surface area contributed by atoms with Gasteiger partial charge >= 0.3 is 98.1 Å². The molecule has 0 amide bonds. The van der Waals surface area contributed by atoms with E-state index >= 15 is 0 Å². The van der Waals surface area contributed by atoms with E-state index in [1.54, 1.807) is 4.44 Å². The van der Waals surface area contributed by atoms with Crippen LogP contribution >= 0.6 is 0 Å². The molecule has 0 saturated carbocycles. The molecule has 0 aliphatic rings. The van der Waals surface area contributed by atoms with Gasteiger partial charge in [0.05, 0.1) is 0 Å². The van der Waals surface area contributed by atoms with Crippen molar-refractivity contribution in [2.75, 3.05) is 0 Å². The molecule has 0 aromatic rings. The number of rotatable bonds is 10. The van der Waals surface area contributed by atoms with Gasteiger partial charge in [0.25, 0.3) is 0 Å². The van der Waals surface area contributed by atoms with Gasteiger partial charge in [-0.15, -0.1) is 0 Å². The standard InChI is InChI=1S/C12H25.2BrH.Sn.3H/c1-3-5-7-9-11-12-10-8-6-4-2;;;;;;/h1,3-12H2,2H3;2*1H;;;;/q;;;+2;;;/p-2. The van der Waals surface area contributed by atoms with Gasteiger partial charge in [-0.05, 0) is 0 Å². The summed E-state index contributed by atoms with van der Waals surface area (Å²) in [6.45, 7) is 2.29. The molecule has 0 fully saturated rings. The molecule has 0 aliphatic carbocycles. The fraction of sp³-hybridized carbons (Fsp3) is 1.00. The van der Waals surface area contributed by atoms with Crippen LogP contribution in [0.1, 0.15) is 71.1 Å². The van der Waals surface area contributed by atoms with Gasteiger partial charge in [0.2, 0.25) is 0 Å². The molecule has 0 rings (SSSR count). The van der Waals surface area contributed by atoms with Crippen molar-refractivity contribution >= 4 is 22.5 Å². The first-order valence-corrected chi connectivity index (χ1v) is 10.5. The summed E-state index contributed by atoms with van der Waals surface area (Å²) in [5, 5.41) is 0. The molecular formula is C12H28Br2Sn. The molecule has 0 bridgehead atoms. The van der Waals surface area contributed by atoms with Crippen LogP contribution in [0.25, 0.3) is 0 Å². The summed E-state index contributed by atoms with van der Waals surface area (Å²) in [6.07, 6.45) is 14.8. The largest absolute Gasteiger partial charge is 1.00 e. The molecule has 0 aromatic heterocycles. The van der Waals surface area contributed by atoms with Crippen LogP contribution in [0.3, 0.4) is 0 Å². The van der Waals surface area contributed by atoms with Crippen LogP contribution in [-0.4, -0.2) is 22.5 Å². The molecule has 0 atom stereocenters. The number of unbranched alkanes of at least 4 members (excludes halogenated alkanes) is 9. The Morgan fingerprint density at radius 2 is 0.933 bits per heavy atom. The second kappa shape index (κ2) is 21.1. The minimum atomic E-state index is 0. The number of halogens is 2. The number of hydrogen-bond acceptors (Lipinski definition) is 0. The minimum absolute atomic E-state index is 0. The summed E-state index contributed by atoms with van der Waals surface area (Å²) < 4.78 is 1.58. The first-order chi connectivity index (χ1) is 6.41. The minimum Gasteiger partial charge on any atom is -1.00 e. The Hall–Kier alpha value is 1.76. The molecule has 3 heteroatoms. The van der Waals surface area contributed by atoms with Crippen LogP contribution in [0.2, 0.25) is 4.44 Å². The Morgan fingerprint density at radius 1 is 0.600 bits per heavy atom. The van der Waals surface area contributed by atoms with Crippen LogP contribution in [0.15, 0.2) is 0 Å². The van der Waals surface area contributed by atoms with Gasteiger partial charge in [0.1, 0.15) is 0 Å². The van der Waals surface area contributed by atoms with Crippen LogP contribution < -0.4 is 34.0 Å². The quantitative estimate of drug-likeness (QED) is 0.259. The van der Waals surface area contributed by atoms with Crippen molar-refractivity contribution in [2.45, 2.75) is 75.6 Å². The Labute approximate surface area is 131 Å². The zero-order valence-electron chi connectivity index (χ0n) is 10.5. The van der Waals surface area contributed by atoms with E-state index in [0.29, 0.717) is 0 Å². The summed E-state index contributed by atoms with van der Waals surface area (Å²) in [5.41, 5.74) is 0.